The Kier molecular flexibility index (Phi) is 8.68. The van der Waals surface area contributed by atoms with E-state index in [2.05, 4.69) is 12.2 Å². The molecule has 0 saturated carbocycles. The van der Waals surface area contributed by atoms with E-state index in [0.29, 0.717) is 19.7 Å². The molecule has 6 heteroatoms. The molecule has 0 aromatic carbocycles. The third kappa shape index (κ3) is 6.52. The maximum atomic E-state index is 12.2. The highest BCUT2D eigenvalue weighted by molar-refractivity contribution is 7.89. The zero-order valence-corrected chi connectivity index (χ0v) is 13.8. The van der Waals surface area contributed by atoms with Gasteiger partial charge < -0.3 is 10.1 Å². The molecule has 0 aromatic rings. The van der Waals surface area contributed by atoms with Crippen LogP contribution in [0.25, 0.3) is 0 Å². The molecule has 120 valence electrons. The smallest absolute Gasteiger partial charge is 0.214 e. The summed E-state index contributed by atoms with van der Waals surface area (Å²) in [5.41, 5.74) is 0. The summed E-state index contributed by atoms with van der Waals surface area (Å²) in [4.78, 5) is 0. The quantitative estimate of drug-likeness (QED) is 0.623. The summed E-state index contributed by atoms with van der Waals surface area (Å²) < 4.78 is 31.6. The minimum atomic E-state index is -3.06. The number of hydrogen-bond acceptors (Lipinski definition) is 4. The molecule has 0 aliphatic carbocycles. The normalized spacial score (nSPS) is 18.5. The van der Waals surface area contributed by atoms with Crippen molar-refractivity contribution >= 4 is 10.0 Å². The van der Waals surface area contributed by atoms with Gasteiger partial charge in [-0.05, 0) is 52.1 Å². The molecule has 1 rings (SSSR count). The number of hydrogen-bond donors (Lipinski definition) is 1. The number of nitrogens with zero attached hydrogens (tertiary/aromatic N) is 1. The van der Waals surface area contributed by atoms with Crippen molar-refractivity contribution in [3.8, 4) is 0 Å². The van der Waals surface area contributed by atoms with Crippen LogP contribution in [-0.4, -0.2) is 57.4 Å². The van der Waals surface area contributed by atoms with Crippen LogP contribution >= 0.6 is 0 Å². The molecule has 1 saturated heterocycles. The number of rotatable bonds is 10. The minimum Gasteiger partial charge on any atom is -0.378 e. The second-order valence-electron chi connectivity index (χ2n) is 5.33. The Morgan fingerprint density at radius 3 is 2.45 bits per heavy atom. The van der Waals surface area contributed by atoms with E-state index in [4.69, 9.17) is 4.74 Å². The van der Waals surface area contributed by atoms with E-state index in [0.717, 1.165) is 45.2 Å². The van der Waals surface area contributed by atoms with Crippen LogP contribution in [0.1, 0.15) is 46.0 Å². The van der Waals surface area contributed by atoms with E-state index in [-0.39, 0.29) is 11.9 Å². The number of sulfonamides is 1. The maximum Gasteiger partial charge on any atom is 0.214 e. The van der Waals surface area contributed by atoms with Crippen molar-refractivity contribution < 1.29 is 13.2 Å². The molecule has 1 N–H and O–H groups in total. The van der Waals surface area contributed by atoms with Crippen molar-refractivity contribution in [1.29, 1.82) is 0 Å². The van der Waals surface area contributed by atoms with E-state index in [1.54, 1.807) is 4.31 Å². The molecule has 1 aliphatic rings. The predicted octanol–water partition coefficient (Wildman–Crippen LogP) is 1.60. The standard InChI is InChI=1S/C14H30N2O3S/c1-3-9-15-10-5-6-13-20(17,18)16-11-7-14(8-12-16)19-4-2/h14-15H,3-13H2,1-2H3. The fourth-order valence-electron chi connectivity index (χ4n) is 2.48. The monoisotopic (exact) mass is 306 g/mol. The average Bonchev–Trinajstić information content (AvgIpc) is 2.44. The second-order valence-corrected chi connectivity index (χ2v) is 7.42. The van der Waals surface area contributed by atoms with Gasteiger partial charge in [0, 0.05) is 19.7 Å². The van der Waals surface area contributed by atoms with E-state index in [1.807, 2.05) is 6.92 Å². The molecule has 5 nitrogen and oxygen atoms in total. The summed E-state index contributed by atoms with van der Waals surface area (Å²) in [5, 5.41) is 3.30. The fourth-order valence-corrected chi connectivity index (χ4v) is 4.07. The maximum absolute atomic E-state index is 12.2. The van der Waals surface area contributed by atoms with Crippen LogP contribution in [0.5, 0.6) is 0 Å². The molecule has 0 spiro atoms. The van der Waals surface area contributed by atoms with Gasteiger partial charge in [-0.3, -0.25) is 0 Å². The van der Waals surface area contributed by atoms with Crippen molar-refractivity contribution in [2.75, 3.05) is 38.5 Å². The third-order valence-corrected chi connectivity index (χ3v) is 5.59. The topological polar surface area (TPSA) is 58.6 Å². The highest BCUT2D eigenvalue weighted by Crippen LogP contribution is 2.17. The highest BCUT2D eigenvalue weighted by atomic mass is 32.2. The summed E-state index contributed by atoms with van der Waals surface area (Å²) in [5.74, 6) is 0.278. The molecule has 0 unspecified atom stereocenters. The molecular formula is C14H30N2O3S. The number of piperidine rings is 1. The molecule has 0 bridgehead atoms. The van der Waals surface area contributed by atoms with Gasteiger partial charge in [-0.25, -0.2) is 12.7 Å². The van der Waals surface area contributed by atoms with Gasteiger partial charge in [0.15, 0.2) is 0 Å². The first-order chi connectivity index (χ1) is 9.60. The van der Waals surface area contributed by atoms with E-state index >= 15 is 0 Å². The zero-order valence-electron chi connectivity index (χ0n) is 12.9. The van der Waals surface area contributed by atoms with Crippen molar-refractivity contribution in [2.45, 2.75) is 52.1 Å². The molecule has 1 heterocycles. The summed E-state index contributed by atoms with van der Waals surface area (Å²) in [6.45, 7) is 7.97. The molecule has 20 heavy (non-hydrogen) atoms. The Labute approximate surface area is 124 Å². The lowest BCUT2D eigenvalue weighted by Crippen LogP contribution is -2.42. The first kappa shape index (κ1) is 17.9. The largest absolute Gasteiger partial charge is 0.378 e. The van der Waals surface area contributed by atoms with Crippen LogP contribution in [-0.2, 0) is 14.8 Å². The van der Waals surface area contributed by atoms with E-state index in [1.165, 1.54) is 0 Å². The Bertz CT molecular complexity index is 338. The Hall–Kier alpha value is -0.170. The van der Waals surface area contributed by atoms with Crippen molar-refractivity contribution in [3.05, 3.63) is 0 Å². The van der Waals surface area contributed by atoms with Crippen LogP contribution in [0, 0.1) is 0 Å². The van der Waals surface area contributed by atoms with E-state index in [9.17, 15) is 8.42 Å². The van der Waals surface area contributed by atoms with Gasteiger partial charge in [-0.2, -0.15) is 0 Å². The van der Waals surface area contributed by atoms with Gasteiger partial charge in [0.05, 0.1) is 11.9 Å². The van der Waals surface area contributed by atoms with Crippen LogP contribution in [0.4, 0.5) is 0 Å². The zero-order chi connectivity index (χ0) is 14.8. The van der Waals surface area contributed by atoms with Crippen LogP contribution in [0.2, 0.25) is 0 Å². The highest BCUT2D eigenvalue weighted by Gasteiger charge is 2.27. The van der Waals surface area contributed by atoms with Gasteiger partial charge in [0.25, 0.3) is 0 Å². The lowest BCUT2D eigenvalue weighted by molar-refractivity contribution is 0.0290. The van der Waals surface area contributed by atoms with Crippen LogP contribution in [0.15, 0.2) is 0 Å². The van der Waals surface area contributed by atoms with Crippen molar-refractivity contribution in [1.82, 2.24) is 9.62 Å². The minimum absolute atomic E-state index is 0.240. The third-order valence-electron chi connectivity index (χ3n) is 3.63. The Balaban J connectivity index is 2.21. The molecular weight excluding hydrogens is 276 g/mol. The summed E-state index contributed by atoms with van der Waals surface area (Å²) in [6.07, 6.45) is 4.67. The van der Waals surface area contributed by atoms with Gasteiger partial charge in [0.2, 0.25) is 10.0 Å². The Morgan fingerprint density at radius 1 is 1.15 bits per heavy atom. The first-order valence-electron chi connectivity index (χ1n) is 7.90. The van der Waals surface area contributed by atoms with E-state index < -0.39 is 10.0 Å². The van der Waals surface area contributed by atoms with Gasteiger partial charge in [-0.1, -0.05) is 6.92 Å². The van der Waals surface area contributed by atoms with Crippen molar-refractivity contribution in [2.24, 2.45) is 0 Å². The van der Waals surface area contributed by atoms with Gasteiger partial charge in [0.1, 0.15) is 0 Å². The first-order valence-corrected chi connectivity index (χ1v) is 9.51. The SMILES string of the molecule is CCCNCCCCS(=O)(=O)N1CCC(OCC)CC1. The summed E-state index contributed by atoms with van der Waals surface area (Å²) >= 11 is 0. The fraction of sp³-hybridized carbons (Fsp3) is 1.00. The molecule has 0 radical (unpaired) electrons. The summed E-state index contributed by atoms with van der Waals surface area (Å²) in [6, 6.07) is 0. The van der Waals surface area contributed by atoms with Crippen molar-refractivity contribution in [3.63, 3.8) is 0 Å². The van der Waals surface area contributed by atoms with Gasteiger partial charge >= 0.3 is 0 Å². The van der Waals surface area contributed by atoms with Crippen LogP contribution < -0.4 is 5.32 Å². The lowest BCUT2D eigenvalue weighted by atomic mass is 10.1. The second kappa shape index (κ2) is 9.71. The number of nitrogens with one attached hydrogen (secondary N) is 1. The van der Waals surface area contributed by atoms with Crippen LogP contribution in [0.3, 0.4) is 0 Å². The van der Waals surface area contributed by atoms with Gasteiger partial charge in [-0.15, -0.1) is 0 Å². The molecule has 1 fully saturated rings. The molecule has 0 amide bonds. The molecule has 1 aliphatic heterocycles. The summed E-state index contributed by atoms with van der Waals surface area (Å²) in [7, 11) is -3.06. The number of ether oxygens (including phenoxy) is 1. The lowest BCUT2D eigenvalue weighted by Gasteiger charge is -2.31. The number of unbranched alkanes of at least 4 members (excludes halogenated alkanes) is 1. The predicted molar refractivity (Wildman–Crippen MR) is 82.4 cm³/mol. The average molecular weight is 306 g/mol. The molecule has 0 atom stereocenters. The molecule has 0 aromatic heterocycles. The Morgan fingerprint density at radius 2 is 1.85 bits per heavy atom.